The van der Waals surface area contributed by atoms with Crippen molar-refractivity contribution in [3.8, 4) is 21.7 Å². The second-order valence-electron chi connectivity index (χ2n) is 5.56. The summed E-state index contributed by atoms with van der Waals surface area (Å²) in [6.45, 7) is 1.95. The Bertz CT molecular complexity index is 1160. The van der Waals surface area contributed by atoms with Gasteiger partial charge in [0.1, 0.15) is 9.86 Å². The molecule has 0 atom stereocenters. The zero-order chi connectivity index (χ0) is 16.9. The first-order valence-corrected chi connectivity index (χ1v) is 9.92. The summed E-state index contributed by atoms with van der Waals surface area (Å²) in [6, 6.07) is 7.40. The number of thiophene rings is 1. The van der Waals surface area contributed by atoms with Crippen molar-refractivity contribution in [2.45, 2.75) is 11.1 Å². The first-order valence-electron chi connectivity index (χ1n) is 7.21. The van der Waals surface area contributed by atoms with Crippen LogP contribution in [-0.2, 0) is 9.84 Å². The minimum Gasteiger partial charge on any atom is -0.298 e. The van der Waals surface area contributed by atoms with E-state index in [2.05, 4.69) is 15.2 Å². The van der Waals surface area contributed by atoms with E-state index >= 15 is 0 Å². The predicted octanol–water partition coefficient (Wildman–Crippen LogP) is 4.01. The number of nitrogens with zero attached hydrogens (tertiary/aromatic N) is 3. The molecule has 0 bridgehead atoms. The monoisotopic (exact) mass is 430 g/mol. The average Bonchev–Trinajstić information content (AvgIpc) is 3.23. The Morgan fingerprint density at radius 2 is 1.92 bits per heavy atom. The van der Waals surface area contributed by atoms with Gasteiger partial charge in [-0.3, -0.25) is 9.50 Å². The van der Waals surface area contributed by atoms with Gasteiger partial charge in [0, 0.05) is 29.8 Å². The van der Waals surface area contributed by atoms with Gasteiger partial charge in [-0.05, 0) is 31.2 Å². The summed E-state index contributed by atoms with van der Waals surface area (Å²) < 4.78 is 25.7. The summed E-state index contributed by atoms with van der Waals surface area (Å²) in [5.74, 6) is 0. The van der Waals surface area contributed by atoms with Gasteiger partial charge < -0.3 is 0 Å². The predicted molar refractivity (Wildman–Crippen MR) is 108 cm³/mol. The van der Waals surface area contributed by atoms with Crippen molar-refractivity contribution in [2.75, 3.05) is 6.26 Å². The molecule has 4 aromatic rings. The van der Waals surface area contributed by atoms with Crippen LogP contribution in [0.5, 0.6) is 0 Å². The zero-order valence-electron chi connectivity index (χ0n) is 13.8. The molecule has 10 heteroatoms. The largest absolute Gasteiger partial charge is 0.298 e. The second-order valence-corrected chi connectivity index (χ2v) is 8.89. The first kappa shape index (κ1) is 20.4. The molecule has 4 heterocycles. The molecule has 1 N–H and O–H groups in total. The molecule has 0 aromatic carbocycles. The molecule has 4 rings (SSSR count). The summed E-state index contributed by atoms with van der Waals surface area (Å²) in [7, 11) is -3.20. The number of rotatable bonds is 3. The van der Waals surface area contributed by atoms with E-state index in [0.717, 1.165) is 33.0 Å². The number of pyridine rings is 1. The van der Waals surface area contributed by atoms with E-state index in [1.54, 1.807) is 12.3 Å². The summed E-state index contributed by atoms with van der Waals surface area (Å²) in [6.07, 6.45) is 6.84. The second kappa shape index (κ2) is 7.40. The molecule has 138 valence electrons. The third-order valence-electron chi connectivity index (χ3n) is 3.85. The van der Waals surface area contributed by atoms with Crippen LogP contribution in [0.15, 0.2) is 47.1 Å². The van der Waals surface area contributed by atoms with Gasteiger partial charge in [0.05, 0.1) is 22.5 Å². The van der Waals surface area contributed by atoms with Crippen molar-refractivity contribution in [1.29, 1.82) is 0 Å². The fourth-order valence-electron chi connectivity index (χ4n) is 2.63. The summed E-state index contributed by atoms with van der Waals surface area (Å²) in [5, 5.41) is 7.02. The van der Waals surface area contributed by atoms with E-state index in [-0.39, 0.29) is 24.8 Å². The molecule has 0 radical (unpaired) electrons. The van der Waals surface area contributed by atoms with Crippen LogP contribution < -0.4 is 0 Å². The highest BCUT2D eigenvalue weighted by molar-refractivity contribution is 7.92. The SMILES string of the molecule is Cc1n[nH]cc1-c1ccc2ncc(-c3ccc(S(C)(=O)=O)s3)n2c1.Cl.Cl. The van der Waals surface area contributed by atoms with Crippen molar-refractivity contribution in [3.63, 3.8) is 0 Å². The van der Waals surface area contributed by atoms with E-state index in [4.69, 9.17) is 0 Å². The highest BCUT2D eigenvalue weighted by Gasteiger charge is 2.15. The lowest BCUT2D eigenvalue weighted by molar-refractivity contribution is 0.604. The van der Waals surface area contributed by atoms with E-state index in [1.807, 2.05) is 41.9 Å². The molecular formula is C16H16Cl2N4O2S2. The maximum Gasteiger partial charge on any atom is 0.184 e. The molecule has 0 amide bonds. The van der Waals surface area contributed by atoms with E-state index in [0.29, 0.717) is 4.21 Å². The number of hydrogen-bond acceptors (Lipinski definition) is 5. The third-order valence-corrected chi connectivity index (χ3v) is 6.77. The summed E-state index contributed by atoms with van der Waals surface area (Å²) in [5.41, 5.74) is 4.65. The van der Waals surface area contributed by atoms with Crippen LogP contribution in [0.25, 0.3) is 27.3 Å². The van der Waals surface area contributed by atoms with Crippen LogP contribution in [0.1, 0.15) is 5.69 Å². The Morgan fingerprint density at radius 3 is 2.54 bits per heavy atom. The fraction of sp³-hybridized carbons (Fsp3) is 0.125. The minimum atomic E-state index is -3.20. The lowest BCUT2D eigenvalue weighted by Gasteiger charge is -2.03. The van der Waals surface area contributed by atoms with Gasteiger partial charge in [0.2, 0.25) is 0 Å². The standard InChI is InChI=1S/C16H14N4O2S2.2ClH/c1-10-12(7-18-19-10)11-3-5-15-17-8-13(20(15)9-11)14-4-6-16(23-14)24(2,21)22;;/h3-9H,1-2H3,(H,18,19);2*1H. The average molecular weight is 431 g/mol. The van der Waals surface area contributed by atoms with Crippen molar-refractivity contribution in [3.05, 3.63) is 48.5 Å². The Morgan fingerprint density at radius 1 is 1.15 bits per heavy atom. The summed E-state index contributed by atoms with van der Waals surface area (Å²) >= 11 is 1.25. The molecule has 26 heavy (non-hydrogen) atoms. The highest BCUT2D eigenvalue weighted by atomic mass is 35.5. The number of aromatic nitrogens is 4. The molecule has 0 aliphatic rings. The number of nitrogens with one attached hydrogen (secondary N) is 1. The Labute approximate surface area is 167 Å². The molecule has 0 aliphatic carbocycles. The zero-order valence-corrected chi connectivity index (χ0v) is 17.1. The fourth-order valence-corrected chi connectivity index (χ4v) is 4.56. The smallest absolute Gasteiger partial charge is 0.184 e. The number of halogens is 2. The topological polar surface area (TPSA) is 80.1 Å². The number of sulfone groups is 1. The molecule has 0 fully saturated rings. The van der Waals surface area contributed by atoms with Gasteiger partial charge in [0.25, 0.3) is 0 Å². The Hall–Kier alpha value is -1.87. The number of aromatic amines is 1. The van der Waals surface area contributed by atoms with Crippen molar-refractivity contribution in [1.82, 2.24) is 19.6 Å². The molecular weight excluding hydrogens is 415 g/mol. The number of hydrogen-bond donors (Lipinski definition) is 1. The minimum absolute atomic E-state index is 0. The van der Waals surface area contributed by atoms with E-state index in [1.165, 1.54) is 17.6 Å². The van der Waals surface area contributed by atoms with Gasteiger partial charge >= 0.3 is 0 Å². The lowest BCUT2D eigenvalue weighted by atomic mass is 10.1. The molecule has 0 unspecified atom stereocenters. The van der Waals surface area contributed by atoms with Gasteiger partial charge in [-0.1, -0.05) is 0 Å². The maximum atomic E-state index is 11.7. The Balaban J connectivity index is 0.00000121. The number of aryl methyl sites for hydroxylation is 1. The van der Waals surface area contributed by atoms with E-state index < -0.39 is 9.84 Å². The van der Waals surface area contributed by atoms with Crippen LogP contribution in [0, 0.1) is 6.92 Å². The third kappa shape index (κ3) is 3.50. The molecule has 0 spiro atoms. The van der Waals surface area contributed by atoms with Crippen molar-refractivity contribution >= 4 is 51.6 Å². The van der Waals surface area contributed by atoms with Gasteiger partial charge in [-0.25, -0.2) is 13.4 Å². The molecule has 4 aromatic heterocycles. The molecule has 6 nitrogen and oxygen atoms in total. The highest BCUT2D eigenvalue weighted by Crippen LogP contribution is 2.32. The van der Waals surface area contributed by atoms with Crippen molar-refractivity contribution in [2.24, 2.45) is 0 Å². The van der Waals surface area contributed by atoms with Crippen LogP contribution in [0.3, 0.4) is 0 Å². The summed E-state index contributed by atoms with van der Waals surface area (Å²) in [4.78, 5) is 5.27. The van der Waals surface area contributed by atoms with Gasteiger partial charge in [-0.2, -0.15) is 5.10 Å². The molecule has 0 aliphatic heterocycles. The van der Waals surface area contributed by atoms with Gasteiger partial charge in [-0.15, -0.1) is 36.2 Å². The molecule has 0 saturated carbocycles. The first-order chi connectivity index (χ1) is 11.4. The Kier molecular flexibility index (Phi) is 5.82. The normalized spacial score (nSPS) is 11.2. The number of H-pyrrole nitrogens is 1. The van der Waals surface area contributed by atoms with Crippen LogP contribution in [-0.4, -0.2) is 34.3 Å². The van der Waals surface area contributed by atoms with Gasteiger partial charge in [0.15, 0.2) is 9.84 Å². The van der Waals surface area contributed by atoms with Crippen LogP contribution >= 0.6 is 36.2 Å². The number of imidazole rings is 1. The maximum absolute atomic E-state index is 11.7. The van der Waals surface area contributed by atoms with Crippen LogP contribution in [0.2, 0.25) is 0 Å². The van der Waals surface area contributed by atoms with E-state index in [9.17, 15) is 8.42 Å². The number of fused-ring (bicyclic) bond motifs is 1. The quantitative estimate of drug-likeness (QED) is 0.532. The van der Waals surface area contributed by atoms with Crippen LogP contribution in [0.4, 0.5) is 0 Å². The lowest BCUT2D eigenvalue weighted by Crippen LogP contribution is -1.92. The molecule has 0 saturated heterocycles. The van der Waals surface area contributed by atoms with Crippen molar-refractivity contribution < 1.29 is 8.42 Å².